The third-order valence-electron chi connectivity index (χ3n) is 3.40. The van der Waals surface area contributed by atoms with E-state index in [9.17, 15) is 14.4 Å². The van der Waals surface area contributed by atoms with Gasteiger partial charge in [0.15, 0.2) is 0 Å². The van der Waals surface area contributed by atoms with Crippen LogP contribution in [0.2, 0.25) is 0 Å². The Morgan fingerprint density at radius 1 is 1.45 bits per heavy atom. The molecule has 1 aliphatic rings. The molecule has 2 N–H and O–H groups in total. The topological polar surface area (TPSA) is 99.7 Å². The monoisotopic (exact) mass is 280 g/mol. The highest BCUT2D eigenvalue weighted by molar-refractivity contribution is 5.94. The first-order valence-corrected chi connectivity index (χ1v) is 6.35. The van der Waals surface area contributed by atoms with Crippen molar-refractivity contribution in [1.29, 1.82) is 0 Å². The zero-order valence-corrected chi connectivity index (χ0v) is 11.0. The van der Waals surface area contributed by atoms with E-state index in [-0.39, 0.29) is 24.7 Å². The molecular weight excluding hydrogens is 264 g/mol. The summed E-state index contributed by atoms with van der Waals surface area (Å²) in [5.74, 6) is -2.01. The Morgan fingerprint density at radius 2 is 2.20 bits per heavy atom. The van der Waals surface area contributed by atoms with Gasteiger partial charge in [-0.05, 0) is 13.0 Å². The number of amides is 1. The zero-order valence-electron chi connectivity index (χ0n) is 11.0. The van der Waals surface area contributed by atoms with Crippen LogP contribution in [0, 0.1) is 5.92 Å². The maximum Gasteiger partial charge on any atom is 0.311 e. The Morgan fingerprint density at radius 3 is 2.75 bits per heavy atom. The van der Waals surface area contributed by atoms with Crippen molar-refractivity contribution in [2.75, 3.05) is 19.8 Å². The molecule has 2 rings (SSSR count). The van der Waals surface area contributed by atoms with Gasteiger partial charge >= 0.3 is 5.97 Å². The second kappa shape index (κ2) is 5.87. The first-order chi connectivity index (χ1) is 9.54. The van der Waals surface area contributed by atoms with Crippen LogP contribution in [0.1, 0.15) is 17.3 Å². The van der Waals surface area contributed by atoms with Crippen LogP contribution >= 0.6 is 0 Å². The summed E-state index contributed by atoms with van der Waals surface area (Å²) in [6.45, 7) is 2.46. The number of ether oxygens (including phenoxy) is 1. The summed E-state index contributed by atoms with van der Waals surface area (Å²) in [5.41, 5.74) is 0.0275. The van der Waals surface area contributed by atoms with E-state index in [1.165, 1.54) is 23.2 Å². The van der Waals surface area contributed by atoms with Gasteiger partial charge in [0, 0.05) is 18.8 Å². The highest BCUT2D eigenvalue weighted by atomic mass is 16.5. The van der Waals surface area contributed by atoms with Gasteiger partial charge in [0.25, 0.3) is 5.91 Å². The Kier molecular flexibility index (Phi) is 4.19. The molecule has 1 aromatic heterocycles. The number of nitrogens with zero attached hydrogens (tertiary/aromatic N) is 1. The second-order valence-electron chi connectivity index (χ2n) is 4.58. The van der Waals surface area contributed by atoms with Crippen LogP contribution in [0.25, 0.3) is 0 Å². The average Bonchev–Trinajstić information content (AvgIpc) is 2.89. The number of carboxylic acid groups (broad SMARTS) is 1. The molecule has 0 aromatic carbocycles. The number of carbonyl (C=O) groups is 2. The van der Waals surface area contributed by atoms with E-state index in [0.717, 1.165) is 0 Å². The number of aromatic amines is 1. The largest absolute Gasteiger partial charge is 0.481 e. The van der Waals surface area contributed by atoms with Gasteiger partial charge in [0.1, 0.15) is 5.92 Å². The van der Waals surface area contributed by atoms with Gasteiger partial charge in [-0.25, -0.2) is 0 Å². The van der Waals surface area contributed by atoms with E-state index < -0.39 is 17.9 Å². The summed E-state index contributed by atoms with van der Waals surface area (Å²) in [5, 5.41) is 9.15. The van der Waals surface area contributed by atoms with Gasteiger partial charge in [-0.1, -0.05) is 0 Å². The lowest BCUT2D eigenvalue weighted by Crippen LogP contribution is -2.46. The maximum absolute atomic E-state index is 12.4. The average molecular weight is 280 g/mol. The summed E-state index contributed by atoms with van der Waals surface area (Å²) < 4.78 is 5.19. The van der Waals surface area contributed by atoms with E-state index >= 15 is 0 Å². The zero-order chi connectivity index (χ0) is 14.7. The van der Waals surface area contributed by atoms with Crippen LogP contribution in [0.5, 0.6) is 0 Å². The van der Waals surface area contributed by atoms with Crippen molar-refractivity contribution in [2.24, 2.45) is 5.92 Å². The summed E-state index contributed by atoms with van der Waals surface area (Å²) in [7, 11) is 0. The standard InChI is InChI=1S/C13H16N2O5/c1-2-15(10-7-20-6-9(10)13(18)19)12(17)8-3-4-11(16)14-5-8/h3-5,9-10H,2,6-7H2,1H3,(H,14,16)(H,18,19). The third-order valence-corrected chi connectivity index (χ3v) is 3.40. The molecule has 20 heavy (non-hydrogen) atoms. The summed E-state index contributed by atoms with van der Waals surface area (Å²) >= 11 is 0. The van der Waals surface area contributed by atoms with E-state index in [2.05, 4.69) is 4.98 Å². The summed E-state index contributed by atoms with van der Waals surface area (Å²) in [6.07, 6.45) is 1.33. The molecule has 7 nitrogen and oxygen atoms in total. The molecule has 7 heteroatoms. The van der Waals surface area contributed by atoms with Crippen LogP contribution in [-0.4, -0.2) is 52.7 Å². The number of H-pyrrole nitrogens is 1. The van der Waals surface area contributed by atoms with Crippen LogP contribution < -0.4 is 5.56 Å². The molecule has 2 unspecified atom stereocenters. The molecule has 0 saturated carbocycles. The van der Waals surface area contributed by atoms with Gasteiger partial charge in [0.2, 0.25) is 5.56 Å². The first-order valence-electron chi connectivity index (χ1n) is 6.35. The molecule has 2 atom stereocenters. The van der Waals surface area contributed by atoms with Crippen molar-refractivity contribution in [3.05, 3.63) is 34.2 Å². The maximum atomic E-state index is 12.4. The second-order valence-corrected chi connectivity index (χ2v) is 4.58. The number of carboxylic acids is 1. The molecule has 0 bridgehead atoms. The molecule has 1 aliphatic heterocycles. The lowest BCUT2D eigenvalue weighted by atomic mass is 10.0. The van der Waals surface area contributed by atoms with Crippen molar-refractivity contribution in [3.8, 4) is 0 Å². The normalized spacial score (nSPS) is 21.6. The number of likely N-dealkylation sites (N-methyl/N-ethyl adjacent to an activating group) is 1. The molecular formula is C13H16N2O5. The minimum Gasteiger partial charge on any atom is -0.481 e. The van der Waals surface area contributed by atoms with E-state index in [1.54, 1.807) is 6.92 Å². The quantitative estimate of drug-likeness (QED) is 0.804. The lowest BCUT2D eigenvalue weighted by molar-refractivity contribution is -0.142. The molecule has 2 heterocycles. The number of rotatable bonds is 4. The highest BCUT2D eigenvalue weighted by Crippen LogP contribution is 2.21. The number of aromatic nitrogens is 1. The molecule has 0 radical (unpaired) electrons. The third kappa shape index (κ3) is 2.72. The Labute approximate surface area is 115 Å². The molecule has 1 fully saturated rings. The number of hydrogen-bond acceptors (Lipinski definition) is 4. The smallest absolute Gasteiger partial charge is 0.311 e. The Bertz CT molecular complexity index is 548. The predicted molar refractivity (Wildman–Crippen MR) is 69.5 cm³/mol. The first kappa shape index (κ1) is 14.3. The molecule has 0 aliphatic carbocycles. The SMILES string of the molecule is CCN(C(=O)c1ccc(=O)[nH]c1)C1COCC1C(=O)O. The van der Waals surface area contributed by atoms with E-state index in [0.29, 0.717) is 12.1 Å². The van der Waals surface area contributed by atoms with Gasteiger partial charge in [-0.15, -0.1) is 0 Å². The van der Waals surface area contributed by atoms with Gasteiger partial charge in [-0.2, -0.15) is 0 Å². The molecule has 1 aromatic rings. The number of carbonyl (C=O) groups excluding carboxylic acids is 1. The highest BCUT2D eigenvalue weighted by Gasteiger charge is 2.39. The number of pyridine rings is 1. The van der Waals surface area contributed by atoms with Crippen molar-refractivity contribution in [1.82, 2.24) is 9.88 Å². The summed E-state index contributed by atoms with van der Waals surface area (Å²) in [6, 6.07) is 2.20. The number of nitrogens with one attached hydrogen (secondary N) is 1. The fourth-order valence-corrected chi connectivity index (χ4v) is 2.32. The van der Waals surface area contributed by atoms with Crippen LogP contribution in [-0.2, 0) is 9.53 Å². The van der Waals surface area contributed by atoms with Gasteiger partial charge < -0.3 is 19.7 Å². The molecule has 108 valence electrons. The van der Waals surface area contributed by atoms with Crippen LogP contribution in [0.15, 0.2) is 23.1 Å². The van der Waals surface area contributed by atoms with Gasteiger partial charge in [-0.3, -0.25) is 14.4 Å². The molecule has 1 saturated heterocycles. The minimum absolute atomic E-state index is 0.107. The minimum atomic E-state index is -0.972. The number of aliphatic carboxylic acids is 1. The van der Waals surface area contributed by atoms with Crippen molar-refractivity contribution < 1.29 is 19.4 Å². The fourth-order valence-electron chi connectivity index (χ4n) is 2.32. The van der Waals surface area contributed by atoms with E-state index in [4.69, 9.17) is 9.84 Å². The van der Waals surface area contributed by atoms with Crippen LogP contribution in [0.4, 0.5) is 0 Å². The van der Waals surface area contributed by atoms with Crippen molar-refractivity contribution >= 4 is 11.9 Å². The van der Waals surface area contributed by atoms with Gasteiger partial charge in [0.05, 0.1) is 24.8 Å². The lowest BCUT2D eigenvalue weighted by Gasteiger charge is -2.29. The van der Waals surface area contributed by atoms with Crippen molar-refractivity contribution in [3.63, 3.8) is 0 Å². The molecule has 0 spiro atoms. The van der Waals surface area contributed by atoms with Crippen molar-refractivity contribution in [2.45, 2.75) is 13.0 Å². The Balaban J connectivity index is 2.23. The van der Waals surface area contributed by atoms with Crippen LogP contribution in [0.3, 0.4) is 0 Å². The summed E-state index contributed by atoms with van der Waals surface area (Å²) in [4.78, 5) is 38.5. The predicted octanol–water partition coefficient (Wildman–Crippen LogP) is -0.0634. The number of hydrogen-bond donors (Lipinski definition) is 2. The molecule has 1 amide bonds. The fraction of sp³-hybridized carbons (Fsp3) is 0.462. The Hall–Kier alpha value is -2.15. The van der Waals surface area contributed by atoms with E-state index in [1.807, 2.05) is 0 Å².